The van der Waals surface area contributed by atoms with Gasteiger partial charge >= 0.3 is 0 Å². The lowest BCUT2D eigenvalue weighted by Gasteiger charge is -2.33. The summed E-state index contributed by atoms with van der Waals surface area (Å²) < 4.78 is 0. The Kier molecular flexibility index (Phi) is 3.98. The minimum atomic E-state index is 0.352. The molecule has 76 valence electrons. The molecule has 1 aliphatic rings. The molecule has 1 nitrogen and oxygen atoms in total. The molecule has 0 amide bonds. The molecule has 0 saturated carbocycles. The molecule has 1 N–H and O–H groups in total. The van der Waals surface area contributed by atoms with Crippen LogP contribution in [0, 0.1) is 5.41 Å². The highest BCUT2D eigenvalue weighted by Gasteiger charge is 2.25. The lowest BCUT2D eigenvalue weighted by atomic mass is 9.73. The summed E-state index contributed by atoms with van der Waals surface area (Å²) in [5.41, 5.74) is 2.08. The van der Waals surface area contributed by atoms with E-state index in [2.05, 4.69) is 19.9 Å². The van der Waals surface area contributed by atoms with Crippen LogP contribution in [0.5, 0.6) is 0 Å². The molecule has 0 aromatic carbocycles. The lowest BCUT2D eigenvalue weighted by Crippen LogP contribution is -2.19. The van der Waals surface area contributed by atoms with Crippen molar-refractivity contribution in [1.29, 1.82) is 0 Å². The normalized spacial score (nSPS) is 28.7. The third kappa shape index (κ3) is 3.51. The van der Waals surface area contributed by atoms with Gasteiger partial charge in [-0.1, -0.05) is 25.0 Å². The number of hydrogen-bond donors (Lipinski definition) is 1. The number of aliphatic hydroxyl groups is 1. The van der Waals surface area contributed by atoms with Gasteiger partial charge < -0.3 is 5.11 Å². The largest absolute Gasteiger partial charge is 0.396 e. The first-order valence-corrected chi connectivity index (χ1v) is 5.43. The second-order valence-electron chi connectivity index (χ2n) is 4.76. The average molecular weight is 182 g/mol. The zero-order chi connectivity index (χ0) is 9.73. The molecule has 1 heteroatoms. The monoisotopic (exact) mass is 182 g/mol. The highest BCUT2D eigenvalue weighted by molar-refractivity contribution is 5.06. The standard InChI is InChI=1S/C12H22O/c1-11-6-5-8-12(2,10-11)7-3-4-9-13/h6,13H,3-5,7-10H2,1-2H3. The molecule has 0 bridgehead atoms. The van der Waals surface area contributed by atoms with Crippen LogP contribution in [0.2, 0.25) is 0 Å². The van der Waals surface area contributed by atoms with Gasteiger partial charge in [-0.3, -0.25) is 0 Å². The molecule has 0 aliphatic heterocycles. The van der Waals surface area contributed by atoms with Crippen LogP contribution in [-0.2, 0) is 0 Å². The van der Waals surface area contributed by atoms with Crippen LogP contribution in [0.15, 0.2) is 11.6 Å². The molecule has 0 heterocycles. The van der Waals surface area contributed by atoms with Crippen molar-refractivity contribution in [3.8, 4) is 0 Å². The fourth-order valence-electron chi connectivity index (χ4n) is 2.38. The molecule has 0 aromatic rings. The van der Waals surface area contributed by atoms with Crippen molar-refractivity contribution >= 4 is 0 Å². The number of hydrogen-bond acceptors (Lipinski definition) is 1. The van der Waals surface area contributed by atoms with Crippen molar-refractivity contribution < 1.29 is 5.11 Å². The highest BCUT2D eigenvalue weighted by Crippen LogP contribution is 2.39. The number of aliphatic hydroxyl groups excluding tert-OH is 1. The van der Waals surface area contributed by atoms with Gasteiger partial charge in [0.1, 0.15) is 0 Å². The zero-order valence-corrected chi connectivity index (χ0v) is 8.97. The van der Waals surface area contributed by atoms with Gasteiger partial charge in [0.25, 0.3) is 0 Å². The van der Waals surface area contributed by atoms with E-state index in [1.54, 1.807) is 5.57 Å². The van der Waals surface area contributed by atoms with E-state index < -0.39 is 0 Å². The van der Waals surface area contributed by atoms with Crippen LogP contribution in [0.3, 0.4) is 0 Å². The van der Waals surface area contributed by atoms with Gasteiger partial charge in [-0.15, -0.1) is 0 Å². The van der Waals surface area contributed by atoms with Crippen LogP contribution in [0.25, 0.3) is 0 Å². The summed E-state index contributed by atoms with van der Waals surface area (Å²) >= 11 is 0. The molecule has 1 aliphatic carbocycles. The van der Waals surface area contributed by atoms with E-state index in [1.807, 2.05) is 0 Å². The van der Waals surface area contributed by atoms with Gasteiger partial charge in [-0.05, 0) is 44.4 Å². The molecule has 0 radical (unpaired) electrons. The smallest absolute Gasteiger partial charge is 0.0431 e. The van der Waals surface area contributed by atoms with Gasteiger partial charge in [0.05, 0.1) is 0 Å². The maximum absolute atomic E-state index is 8.72. The van der Waals surface area contributed by atoms with E-state index in [-0.39, 0.29) is 0 Å². The van der Waals surface area contributed by atoms with E-state index in [0.717, 1.165) is 6.42 Å². The molecular weight excluding hydrogens is 160 g/mol. The third-order valence-corrected chi connectivity index (χ3v) is 3.13. The van der Waals surface area contributed by atoms with Crippen molar-refractivity contribution in [2.24, 2.45) is 5.41 Å². The number of unbranched alkanes of at least 4 members (excludes halogenated alkanes) is 1. The van der Waals surface area contributed by atoms with Crippen LogP contribution >= 0.6 is 0 Å². The van der Waals surface area contributed by atoms with Gasteiger partial charge in [0.15, 0.2) is 0 Å². The first-order chi connectivity index (χ1) is 6.16. The Labute approximate surface area is 81.9 Å². The molecule has 0 fully saturated rings. The zero-order valence-electron chi connectivity index (χ0n) is 8.97. The van der Waals surface area contributed by atoms with Crippen molar-refractivity contribution in [3.63, 3.8) is 0 Å². The lowest BCUT2D eigenvalue weighted by molar-refractivity contribution is 0.229. The molecule has 13 heavy (non-hydrogen) atoms. The first-order valence-electron chi connectivity index (χ1n) is 5.43. The fraction of sp³-hybridized carbons (Fsp3) is 0.833. The topological polar surface area (TPSA) is 20.2 Å². The summed E-state index contributed by atoms with van der Waals surface area (Å²) in [5.74, 6) is 0. The maximum Gasteiger partial charge on any atom is 0.0431 e. The van der Waals surface area contributed by atoms with E-state index in [4.69, 9.17) is 5.11 Å². The Balaban J connectivity index is 2.34. The first kappa shape index (κ1) is 10.8. The maximum atomic E-state index is 8.72. The minimum absolute atomic E-state index is 0.352. The molecule has 0 aromatic heterocycles. The van der Waals surface area contributed by atoms with Gasteiger partial charge in [-0.25, -0.2) is 0 Å². The van der Waals surface area contributed by atoms with Crippen molar-refractivity contribution in [3.05, 3.63) is 11.6 Å². The van der Waals surface area contributed by atoms with Gasteiger partial charge in [-0.2, -0.15) is 0 Å². The fourth-order valence-corrected chi connectivity index (χ4v) is 2.38. The summed E-state index contributed by atoms with van der Waals surface area (Å²) in [7, 11) is 0. The second kappa shape index (κ2) is 4.80. The van der Waals surface area contributed by atoms with Crippen molar-refractivity contribution in [2.45, 2.75) is 52.4 Å². The quantitative estimate of drug-likeness (QED) is 0.522. The summed E-state index contributed by atoms with van der Waals surface area (Å²) in [6.07, 6.45) is 9.64. The van der Waals surface area contributed by atoms with Crippen molar-refractivity contribution in [2.75, 3.05) is 6.61 Å². The predicted octanol–water partition coefficient (Wildman–Crippen LogP) is 3.29. The summed E-state index contributed by atoms with van der Waals surface area (Å²) in [6, 6.07) is 0. The molecule has 1 rings (SSSR count). The Morgan fingerprint density at radius 2 is 2.23 bits per heavy atom. The van der Waals surface area contributed by atoms with E-state index in [9.17, 15) is 0 Å². The molecule has 0 saturated heterocycles. The molecule has 1 unspecified atom stereocenters. The van der Waals surface area contributed by atoms with Crippen LogP contribution < -0.4 is 0 Å². The van der Waals surface area contributed by atoms with E-state index in [0.29, 0.717) is 12.0 Å². The van der Waals surface area contributed by atoms with Crippen LogP contribution in [0.4, 0.5) is 0 Å². The third-order valence-electron chi connectivity index (χ3n) is 3.13. The second-order valence-corrected chi connectivity index (χ2v) is 4.76. The molecule has 0 spiro atoms. The SMILES string of the molecule is CC1=CCCC(C)(CCCCO)C1. The molecule has 1 atom stereocenters. The summed E-state index contributed by atoms with van der Waals surface area (Å²) in [4.78, 5) is 0. The van der Waals surface area contributed by atoms with Gasteiger partial charge in [0.2, 0.25) is 0 Å². The number of rotatable bonds is 4. The summed E-state index contributed by atoms with van der Waals surface area (Å²) in [5, 5.41) is 8.72. The highest BCUT2D eigenvalue weighted by atomic mass is 16.2. The van der Waals surface area contributed by atoms with Crippen molar-refractivity contribution in [1.82, 2.24) is 0 Å². The Bertz CT molecular complexity index is 184. The predicted molar refractivity (Wildman–Crippen MR) is 56.7 cm³/mol. The summed E-state index contributed by atoms with van der Waals surface area (Å²) in [6.45, 7) is 4.98. The number of allylic oxidation sites excluding steroid dienone is 2. The Morgan fingerprint density at radius 3 is 2.85 bits per heavy atom. The van der Waals surface area contributed by atoms with Crippen LogP contribution in [0.1, 0.15) is 52.4 Å². The van der Waals surface area contributed by atoms with Crippen LogP contribution in [-0.4, -0.2) is 11.7 Å². The van der Waals surface area contributed by atoms with E-state index in [1.165, 1.54) is 32.1 Å². The Hall–Kier alpha value is -0.300. The Morgan fingerprint density at radius 1 is 1.46 bits per heavy atom. The average Bonchev–Trinajstić information content (AvgIpc) is 2.04. The minimum Gasteiger partial charge on any atom is -0.396 e. The molecular formula is C12H22O. The van der Waals surface area contributed by atoms with E-state index >= 15 is 0 Å². The van der Waals surface area contributed by atoms with Gasteiger partial charge in [0, 0.05) is 6.61 Å².